The zero-order chi connectivity index (χ0) is 15.0. The number of aromatic carboxylic acids is 1. The number of amides is 1. The fourth-order valence-electron chi connectivity index (χ4n) is 2.69. The van der Waals surface area contributed by atoms with Gasteiger partial charge in [-0.1, -0.05) is 12.1 Å². The number of hydrogen-bond donors (Lipinski definition) is 2. The van der Waals surface area contributed by atoms with Crippen LogP contribution < -0.4 is 4.90 Å². The molecule has 1 saturated heterocycles. The Hall–Kier alpha value is -2.40. The Morgan fingerprint density at radius 3 is 2.57 bits per heavy atom. The van der Waals surface area contributed by atoms with E-state index in [4.69, 9.17) is 10.2 Å². The molecule has 3 rings (SSSR count). The highest BCUT2D eigenvalue weighted by Crippen LogP contribution is 2.28. The molecular formula is C16H15NO4. The van der Waals surface area contributed by atoms with Crippen molar-refractivity contribution in [3.8, 4) is 0 Å². The van der Waals surface area contributed by atoms with Crippen LogP contribution in [0.3, 0.4) is 0 Å². The second-order valence-electron chi connectivity index (χ2n) is 5.31. The molecule has 2 aromatic rings. The molecule has 1 unspecified atom stereocenters. The molecular weight excluding hydrogens is 270 g/mol. The molecule has 0 bridgehead atoms. The first-order chi connectivity index (χ1) is 10.1. The molecule has 5 nitrogen and oxygen atoms in total. The molecule has 1 fully saturated rings. The molecule has 21 heavy (non-hydrogen) atoms. The smallest absolute Gasteiger partial charge is 0.335 e. The van der Waals surface area contributed by atoms with Crippen molar-refractivity contribution in [2.45, 2.75) is 6.42 Å². The van der Waals surface area contributed by atoms with Gasteiger partial charge in [0.25, 0.3) is 0 Å². The maximum Gasteiger partial charge on any atom is 0.335 e. The van der Waals surface area contributed by atoms with Crippen LogP contribution in [0.15, 0.2) is 36.4 Å². The number of carbonyl (C=O) groups is 2. The quantitative estimate of drug-likeness (QED) is 0.902. The molecule has 1 aliphatic heterocycles. The van der Waals surface area contributed by atoms with E-state index in [0.29, 0.717) is 13.0 Å². The maximum absolute atomic E-state index is 12.0. The number of carboxylic acid groups (broad SMARTS) is 1. The molecule has 0 radical (unpaired) electrons. The van der Waals surface area contributed by atoms with E-state index < -0.39 is 5.97 Å². The molecule has 1 amide bonds. The second-order valence-corrected chi connectivity index (χ2v) is 5.31. The van der Waals surface area contributed by atoms with Crippen LogP contribution in [0.2, 0.25) is 0 Å². The fraction of sp³-hybridized carbons (Fsp3) is 0.250. The van der Waals surface area contributed by atoms with Crippen molar-refractivity contribution < 1.29 is 19.8 Å². The molecule has 1 aliphatic rings. The first kappa shape index (κ1) is 13.6. The first-order valence-electron chi connectivity index (χ1n) is 6.77. The van der Waals surface area contributed by atoms with Crippen molar-refractivity contribution in [1.82, 2.24) is 0 Å². The molecule has 1 atom stereocenters. The topological polar surface area (TPSA) is 77.8 Å². The number of aliphatic hydroxyl groups is 1. The zero-order valence-corrected chi connectivity index (χ0v) is 11.3. The molecule has 0 aromatic heterocycles. The van der Waals surface area contributed by atoms with Crippen molar-refractivity contribution in [3.05, 3.63) is 42.0 Å². The highest BCUT2D eigenvalue weighted by atomic mass is 16.4. The standard InChI is InChI=1S/C16H15NO4/c18-9-10-5-15(19)17(8-10)14-4-3-11-6-13(16(20)21)2-1-12(11)7-14/h1-4,6-7,10,18H,5,8-9H2,(H,20,21). The summed E-state index contributed by atoms with van der Waals surface area (Å²) in [7, 11) is 0. The van der Waals surface area contributed by atoms with Gasteiger partial charge in [0.05, 0.1) is 5.56 Å². The summed E-state index contributed by atoms with van der Waals surface area (Å²) < 4.78 is 0. The third kappa shape index (κ3) is 2.48. The van der Waals surface area contributed by atoms with Crippen molar-refractivity contribution in [2.75, 3.05) is 18.1 Å². The number of anilines is 1. The van der Waals surface area contributed by atoms with Crippen LogP contribution >= 0.6 is 0 Å². The third-order valence-corrected chi connectivity index (χ3v) is 3.85. The summed E-state index contributed by atoms with van der Waals surface area (Å²) >= 11 is 0. The fourth-order valence-corrected chi connectivity index (χ4v) is 2.69. The Morgan fingerprint density at radius 2 is 1.90 bits per heavy atom. The van der Waals surface area contributed by atoms with E-state index in [1.807, 2.05) is 18.2 Å². The van der Waals surface area contributed by atoms with Crippen molar-refractivity contribution in [1.29, 1.82) is 0 Å². The molecule has 0 spiro atoms. The number of aliphatic hydroxyl groups excluding tert-OH is 1. The normalized spacial score (nSPS) is 18.4. The van der Waals surface area contributed by atoms with Gasteiger partial charge in [-0.3, -0.25) is 4.79 Å². The molecule has 1 heterocycles. The molecule has 108 valence electrons. The van der Waals surface area contributed by atoms with Crippen LogP contribution in [0.1, 0.15) is 16.8 Å². The van der Waals surface area contributed by atoms with Crippen LogP contribution in [-0.4, -0.2) is 35.2 Å². The average molecular weight is 285 g/mol. The van der Waals surface area contributed by atoms with Gasteiger partial charge in [-0.05, 0) is 35.0 Å². The summed E-state index contributed by atoms with van der Waals surface area (Å²) in [6.07, 6.45) is 0.368. The van der Waals surface area contributed by atoms with E-state index in [9.17, 15) is 9.59 Å². The van der Waals surface area contributed by atoms with Crippen LogP contribution in [0.4, 0.5) is 5.69 Å². The summed E-state index contributed by atoms with van der Waals surface area (Å²) in [5, 5.41) is 19.9. The van der Waals surface area contributed by atoms with Crippen LogP contribution in [0, 0.1) is 5.92 Å². The number of carboxylic acids is 1. The van der Waals surface area contributed by atoms with E-state index >= 15 is 0 Å². The largest absolute Gasteiger partial charge is 0.478 e. The van der Waals surface area contributed by atoms with E-state index in [2.05, 4.69) is 0 Å². The molecule has 0 aliphatic carbocycles. The minimum atomic E-state index is -0.957. The van der Waals surface area contributed by atoms with Gasteiger partial charge in [0.15, 0.2) is 0 Å². The van der Waals surface area contributed by atoms with Gasteiger partial charge in [-0.2, -0.15) is 0 Å². The average Bonchev–Trinajstić information content (AvgIpc) is 2.87. The van der Waals surface area contributed by atoms with Crippen molar-refractivity contribution >= 4 is 28.3 Å². The lowest BCUT2D eigenvalue weighted by Crippen LogP contribution is -2.24. The molecule has 0 saturated carbocycles. The Kier molecular flexibility index (Phi) is 3.35. The van der Waals surface area contributed by atoms with Crippen molar-refractivity contribution in [2.24, 2.45) is 5.92 Å². The van der Waals surface area contributed by atoms with Crippen LogP contribution in [0.5, 0.6) is 0 Å². The first-order valence-corrected chi connectivity index (χ1v) is 6.77. The Balaban J connectivity index is 1.96. The SMILES string of the molecule is O=C(O)c1ccc2cc(N3CC(CO)CC3=O)ccc2c1. The van der Waals surface area contributed by atoms with E-state index in [0.717, 1.165) is 16.5 Å². The lowest BCUT2D eigenvalue weighted by Gasteiger charge is -2.17. The predicted octanol–water partition coefficient (Wildman–Crippen LogP) is 1.88. The minimum absolute atomic E-state index is 0.00977. The Morgan fingerprint density at radius 1 is 1.19 bits per heavy atom. The Labute approximate surface area is 121 Å². The predicted molar refractivity (Wildman–Crippen MR) is 78.5 cm³/mol. The van der Waals surface area contributed by atoms with E-state index in [-0.39, 0.29) is 24.0 Å². The highest BCUT2D eigenvalue weighted by Gasteiger charge is 2.30. The number of benzene rings is 2. The molecule has 2 N–H and O–H groups in total. The van der Waals surface area contributed by atoms with Gasteiger partial charge >= 0.3 is 5.97 Å². The molecule has 2 aromatic carbocycles. The lowest BCUT2D eigenvalue weighted by molar-refractivity contribution is -0.117. The van der Waals surface area contributed by atoms with Gasteiger partial charge in [0, 0.05) is 31.2 Å². The van der Waals surface area contributed by atoms with Crippen LogP contribution in [-0.2, 0) is 4.79 Å². The van der Waals surface area contributed by atoms with Gasteiger partial charge in [0.2, 0.25) is 5.91 Å². The number of fused-ring (bicyclic) bond motifs is 1. The lowest BCUT2D eigenvalue weighted by atomic mass is 10.1. The highest BCUT2D eigenvalue weighted by molar-refractivity contribution is 5.99. The van der Waals surface area contributed by atoms with Gasteiger partial charge < -0.3 is 15.1 Å². The summed E-state index contributed by atoms with van der Waals surface area (Å²) in [4.78, 5) is 24.6. The summed E-state index contributed by atoms with van der Waals surface area (Å²) in [6, 6.07) is 10.4. The third-order valence-electron chi connectivity index (χ3n) is 3.85. The summed E-state index contributed by atoms with van der Waals surface area (Å²) in [5.74, 6) is -0.959. The van der Waals surface area contributed by atoms with Gasteiger partial charge in [0.1, 0.15) is 0 Å². The monoisotopic (exact) mass is 285 g/mol. The van der Waals surface area contributed by atoms with Crippen molar-refractivity contribution in [3.63, 3.8) is 0 Å². The Bertz CT molecular complexity index is 725. The molecule has 5 heteroatoms. The second kappa shape index (κ2) is 5.18. The number of nitrogens with zero attached hydrogens (tertiary/aromatic N) is 1. The van der Waals surface area contributed by atoms with Crippen LogP contribution in [0.25, 0.3) is 10.8 Å². The zero-order valence-electron chi connectivity index (χ0n) is 11.3. The van der Waals surface area contributed by atoms with Gasteiger partial charge in [-0.15, -0.1) is 0 Å². The number of carbonyl (C=O) groups excluding carboxylic acids is 1. The summed E-state index contributed by atoms with van der Waals surface area (Å²) in [6.45, 7) is 0.534. The minimum Gasteiger partial charge on any atom is -0.478 e. The maximum atomic E-state index is 12.0. The number of hydrogen-bond acceptors (Lipinski definition) is 3. The van der Waals surface area contributed by atoms with Gasteiger partial charge in [-0.25, -0.2) is 4.79 Å². The van der Waals surface area contributed by atoms with E-state index in [1.54, 1.807) is 23.1 Å². The number of rotatable bonds is 3. The van der Waals surface area contributed by atoms with E-state index in [1.165, 1.54) is 0 Å². The summed E-state index contributed by atoms with van der Waals surface area (Å²) in [5.41, 5.74) is 1.03.